The Balaban J connectivity index is 3.04. The van der Waals surface area contributed by atoms with Crippen molar-refractivity contribution in [2.24, 2.45) is 0 Å². The fraction of sp³-hybridized carbons (Fsp3) is 0.800. The molecule has 0 saturated heterocycles. The van der Waals surface area contributed by atoms with Crippen LogP contribution in [-0.2, 0) is 4.74 Å². The van der Waals surface area contributed by atoms with Crippen LogP contribution >= 0.6 is 0 Å². The molecule has 0 fully saturated rings. The van der Waals surface area contributed by atoms with Gasteiger partial charge in [0.2, 0.25) is 0 Å². The second-order valence-electron chi connectivity index (χ2n) is 4.67. The minimum atomic E-state index is -1.21. The van der Waals surface area contributed by atoms with Gasteiger partial charge in [0, 0.05) is 0 Å². The lowest BCUT2D eigenvalue weighted by Gasteiger charge is -2.00. The van der Waals surface area contributed by atoms with E-state index in [0.717, 1.165) is 6.42 Å². The molecule has 0 heterocycles. The van der Waals surface area contributed by atoms with E-state index in [0.29, 0.717) is 0 Å². The molecule has 0 aliphatic heterocycles. The van der Waals surface area contributed by atoms with E-state index >= 15 is 0 Å². The summed E-state index contributed by atoms with van der Waals surface area (Å²) in [5.41, 5.74) is 0. The smallest absolute Gasteiger partial charge is 0.450 e. The zero-order valence-corrected chi connectivity index (χ0v) is 11.7. The van der Waals surface area contributed by atoms with Crippen LogP contribution in [0.25, 0.3) is 0 Å². The second-order valence-corrected chi connectivity index (χ2v) is 4.67. The number of ether oxygens (including phenoxy) is 1. The van der Waals surface area contributed by atoms with Crippen molar-refractivity contribution in [3.8, 4) is 0 Å². The van der Waals surface area contributed by atoms with E-state index in [9.17, 15) is 4.79 Å². The fourth-order valence-corrected chi connectivity index (χ4v) is 1.88. The highest BCUT2D eigenvalue weighted by Crippen LogP contribution is 2.10. The van der Waals surface area contributed by atoms with E-state index in [1.54, 1.807) is 6.08 Å². The number of hydrogen-bond donors (Lipinski definition) is 1. The monoisotopic (exact) mass is 256 g/mol. The number of hydrogen-bond acceptors (Lipinski definition) is 2. The summed E-state index contributed by atoms with van der Waals surface area (Å²) in [5, 5.41) is 8.23. The van der Waals surface area contributed by atoms with Gasteiger partial charge in [-0.25, -0.2) is 4.79 Å². The highest BCUT2D eigenvalue weighted by atomic mass is 16.7. The van der Waals surface area contributed by atoms with Crippen LogP contribution in [0.1, 0.15) is 71.1 Å². The van der Waals surface area contributed by atoms with Crippen LogP contribution in [0.4, 0.5) is 4.79 Å². The zero-order valence-electron chi connectivity index (χ0n) is 11.7. The van der Waals surface area contributed by atoms with Crippen LogP contribution in [0, 0.1) is 0 Å². The molecule has 0 aromatic heterocycles. The molecule has 3 heteroatoms. The van der Waals surface area contributed by atoms with E-state index in [1.165, 1.54) is 57.8 Å². The fourth-order valence-electron chi connectivity index (χ4n) is 1.88. The molecule has 0 aromatic carbocycles. The Morgan fingerprint density at radius 2 is 1.50 bits per heavy atom. The number of rotatable bonds is 12. The van der Waals surface area contributed by atoms with Crippen molar-refractivity contribution in [2.45, 2.75) is 71.1 Å². The predicted molar refractivity (Wildman–Crippen MR) is 75.0 cm³/mol. The molecule has 0 aliphatic carbocycles. The van der Waals surface area contributed by atoms with Crippen molar-refractivity contribution in [1.29, 1.82) is 0 Å². The maximum absolute atomic E-state index is 10.0. The van der Waals surface area contributed by atoms with Crippen molar-refractivity contribution in [2.75, 3.05) is 6.61 Å². The third-order valence-electron chi connectivity index (χ3n) is 2.94. The van der Waals surface area contributed by atoms with E-state index < -0.39 is 6.16 Å². The lowest BCUT2D eigenvalue weighted by Crippen LogP contribution is -1.98. The van der Waals surface area contributed by atoms with Gasteiger partial charge in [-0.2, -0.15) is 0 Å². The Morgan fingerprint density at radius 1 is 0.944 bits per heavy atom. The first-order valence-corrected chi connectivity index (χ1v) is 7.28. The van der Waals surface area contributed by atoms with Crippen LogP contribution in [0.3, 0.4) is 0 Å². The summed E-state index contributed by atoms with van der Waals surface area (Å²) in [4.78, 5) is 10.0. The maximum atomic E-state index is 10.0. The predicted octanol–water partition coefficient (Wildman–Crippen LogP) is 5.16. The van der Waals surface area contributed by atoms with Crippen molar-refractivity contribution < 1.29 is 14.6 Å². The highest BCUT2D eigenvalue weighted by Gasteiger charge is 1.92. The molecule has 0 atom stereocenters. The van der Waals surface area contributed by atoms with E-state index in [4.69, 9.17) is 5.11 Å². The van der Waals surface area contributed by atoms with Crippen LogP contribution in [0.5, 0.6) is 0 Å². The van der Waals surface area contributed by atoms with Crippen LogP contribution in [0.15, 0.2) is 12.2 Å². The molecule has 3 nitrogen and oxygen atoms in total. The van der Waals surface area contributed by atoms with Gasteiger partial charge in [0.05, 0.1) is 0 Å². The third kappa shape index (κ3) is 15.0. The Hall–Kier alpha value is -0.990. The highest BCUT2D eigenvalue weighted by molar-refractivity contribution is 5.56. The number of carbonyl (C=O) groups is 1. The van der Waals surface area contributed by atoms with E-state index in [-0.39, 0.29) is 6.61 Å². The van der Waals surface area contributed by atoms with Crippen molar-refractivity contribution in [3.05, 3.63) is 12.2 Å². The van der Waals surface area contributed by atoms with Gasteiger partial charge in [-0.1, -0.05) is 70.4 Å². The topological polar surface area (TPSA) is 46.5 Å². The molecule has 0 aromatic rings. The van der Waals surface area contributed by atoms with Crippen molar-refractivity contribution in [3.63, 3.8) is 0 Å². The van der Waals surface area contributed by atoms with Crippen LogP contribution in [0.2, 0.25) is 0 Å². The van der Waals surface area contributed by atoms with Gasteiger partial charge >= 0.3 is 6.16 Å². The van der Waals surface area contributed by atoms with E-state index in [2.05, 4.69) is 11.7 Å². The average molecular weight is 256 g/mol. The summed E-state index contributed by atoms with van der Waals surface area (Å²) < 4.78 is 4.36. The quantitative estimate of drug-likeness (QED) is 0.298. The van der Waals surface area contributed by atoms with Gasteiger partial charge in [-0.3, -0.25) is 0 Å². The molecule has 0 spiro atoms. The average Bonchev–Trinajstić information content (AvgIpc) is 2.34. The molecule has 0 saturated carbocycles. The van der Waals surface area contributed by atoms with Gasteiger partial charge in [0.1, 0.15) is 6.61 Å². The Labute approximate surface area is 111 Å². The molecule has 0 aliphatic rings. The molecular weight excluding hydrogens is 228 g/mol. The standard InChI is InChI=1S/C15H28O3/c1-2-3-4-5-6-7-8-9-10-11-12-13-14-18-15(16)17/h12-13H,2-11,14H2,1H3,(H,16,17)/b13-12+. The molecule has 0 unspecified atom stereocenters. The first kappa shape index (κ1) is 17.0. The Kier molecular flexibility index (Phi) is 13.3. The molecule has 106 valence electrons. The van der Waals surface area contributed by atoms with Gasteiger partial charge in [0.25, 0.3) is 0 Å². The summed E-state index contributed by atoms with van der Waals surface area (Å²) in [6.45, 7) is 2.42. The minimum Gasteiger partial charge on any atom is -0.450 e. The zero-order chi connectivity index (χ0) is 13.5. The number of allylic oxidation sites excluding steroid dienone is 1. The Bertz CT molecular complexity index is 212. The number of carboxylic acid groups (broad SMARTS) is 1. The Morgan fingerprint density at radius 3 is 2.06 bits per heavy atom. The summed E-state index contributed by atoms with van der Waals surface area (Å²) in [7, 11) is 0. The van der Waals surface area contributed by atoms with Crippen molar-refractivity contribution in [1.82, 2.24) is 0 Å². The van der Waals surface area contributed by atoms with Crippen LogP contribution in [-0.4, -0.2) is 17.9 Å². The summed E-state index contributed by atoms with van der Waals surface area (Å²) in [5.74, 6) is 0. The van der Waals surface area contributed by atoms with Gasteiger partial charge in [-0.15, -0.1) is 0 Å². The molecule has 0 bridgehead atoms. The van der Waals surface area contributed by atoms with Gasteiger partial charge in [-0.05, 0) is 12.8 Å². The molecule has 0 amide bonds. The SMILES string of the molecule is CCCCCCCCCCC/C=C/COC(=O)O. The lowest BCUT2D eigenvalue weighted by molar-refractivity contribution is 0.102. The largest absolute Gasteiger partial charge is 0.506 e. The van der Waals surface area contributed by atoms with E-state index in [1.807, 2.05) is 6.08 Å². The number of unbranched alkanes of at least 4 members (excludes halogenated alkanes) is 9. The molecule has 0 rings (SSSR count). The van der Waals surface area contributed by atoms with Gasteiger partial charge < -0.3 is 9.84 Å². The molecule has 0 radical (unpaired) electrons. The second kappa shape index (κ2) is 14.1. The first-order chi connectivity index (χ1) is 8.77. The first-order valence-electron chi connectivity index (χ1n) is 7.28. The van der Waals surface area contributed by atoms with Crippen molar-refractivity contribution >= 4 is 6.16 Å². The summed E-state index contributed by atoms with van der Waals surface area (Å²) >= 11 is 0. The lowest BCUT2D eigenvalue weighted by atomic mass is 10.1. The molecule has 18 heavy (non-hydrogen) atoms. The third-order valence-corrected chi connectivity index (χ3v) is 2.94. The summed E-state index contributed by atoms with van der Waals surface area (Å²) in [6, 6.07) is 0. The molecular formula is C15H28O3. The van der Waals surface area contributed by atoms with Crippen LogP contribution < -0.4 is 0 Å². The maximum Gasteiger partial charge on any atom is 0.506 e. The molecule has 1 N–H and O–H groups in total. The minimum absolute atomic E-state index is 0.173. The summed E-state index contributed by atoms with van der Waals surface area (Å²) in [6.07, 6.45) is 15.6. The van der Waals surface area contributed by atoms with Gasteiger partial charge in [0.15, 0.2) is 0 Å². The normalized spacial score (nSPS) is 10.9.